The van der Waals surface area contributed by atoms with Gasteiger partial charge in [0.05, 0.1) is 12.5 Å². The number of nitrogens with one attached hydrogen (secondary N) is 1. The molecule has 3 amide bonds. The highest BCUT2D eigenvalue weighted by atomic mass is 16.5. The van der Waals surface area contributed by atoms with Crippen molar-refractivity contribution in [2.45, 2.75) is 19.8 Å². The number of anilines is 1. The predicted octanol–water partition coefficient (Wildman–Crippen LogP) is 2.42. The summed E-state index contributed by atoms with van der Waals surface area (Å²) in [6.07, 6.45) is 1.65. The number of hydrogen-bond donors (Lipinski definition) is 1. The third kappa shape index (κ3) is 4.61. The molecule has 0 bridgehead atoms. The van der Waals surface area contributed by atoms with Crippen LogP contribution in [0.5, 0.6) is 5.75 Å². The lowest BCUT2D eigenvalue weighted by Gasteiger charge is -2.33. The second-order valence-corrected chi connectivity index (χ2v) is 5.91. The first-order valence-electron chi connectivity index (χ1n) is 8.01. The third-order valence-corrected chi connectivity index (χ3v) is 3.88. The summed E-state index contributed by atoms with van der Waals surface area (Å²) < 4.78 is 5.38. The zero-order valence-corrected chi connectivity index (χ0v) is 14.0. The molecule has 1 aliphatic heterocycles. The quantitative estimate of drug-likeness (QED) is 0.927. The zero-order chi connectivity index (χ0) is 16.8. The van der Waals surface area contributed by atoms with E-state index in [4.69, 9.17) is 4.74 Å². The summed E-state index contributed by atoms with van der Waals surface area (Å²) in [5.41, 5.74) is 0.745. The minimum absolute atomic E-state index is 0.0367. The number of carbonyl (C=O) groups excluding carboxylic acids is 2. The molecule has 0 radical (unpaired) electrons. The van der Waals surface area contributed by atoms with Crippen molar-refractivity contribution < 1.29 is 14.3 Å². The Hall–Kier alpha value is -2.24. The van der Waals surface area contributed by atoms with Crippen LogP contribution in [0.15, 0.2) is 24.3 Å². The first kappa shape index (κ1) is 17.1. The second kappa shape index (κ2) is 7.85. The van der Waals surface area contributed by atoms with Crippen molar-refractivity contribution in [2.75, 3.05) is 39.1 Å². The van der Waals surface area contributed by atoms with Gasteiger partial charge in [-0.25, -0.2) is 4.79 Å². The minimum atomic E-state index is -0.167. The molecule has 1 heterocycles. The van der Waals surface area contributed by atoms with Crippen LogP contribution in [0.25, 0.3) is 0 Å². The maximum absolute atomic E-state index is 12.4. The van der Waals surface area contributed by atoms with Gasteiger partial charge in [-0.1, -0.05) is 0 Å². The van der Waals surface area contributed by atoms with Gasteiger partial charge >= 0.3 is 6.03 Å². The van der Waals surface area contributed by atoms with E-state index in [0.717, 1.165) is 24.3 Å². The van der Waals surface area contributed by atoms with Gasteiger partial charge in [0, 0.05) is 32.9 Å². The summed E-state index contributed by atoms with van der Waals surface area (Å²) in [5.74, 6) is 0.579. The predicted molar refractivity (Wildman–Crippen MR) is 89.6 cm³/mol. The molecular weight excluding hydrogens is 294 g/mol. The summed E-state index contributed by atoms with van der Waals surface area (Å²) in [7, 11) is 3.46. The van der Waals surface area contributed by atoms with Crippen LogP contribution < -0.4 is 10.1 Å². The van der Waals surface area contributed by atoms with Gasteiger partial charge in [-0.05, 0) is 44.0 Å². The van der Waals surface area contributed by atoms with E-state index in [1.807, 2.05) is 31.2 Å². The lowest BCUT2D eigenvalue weighted by atomic mass is 9.97. The van der Waals surface area contributed by atoms with Crippen LogP contribution in [0, 0.1) is 5.92 Å². The third-order valence-electron chi connectivity index (χ3n) is 3.88. The van der Waals surface area contributed by atoms with Crippen LogP contribution in [-0.2, 0) is 4.79 Å². The van der Waals surface area contributed by atoms with Crippen molar-refractivity contribution >= 4 is 17.6 Å². The van der Waals surface area contributed by atoms with Crippen LogP contribution >= 0.6 is 0 Å². The topological polar surface area (TPSA) is 61.9 Å². The summed E-state index contributed by atoms with van der Waals surface area (Å²) in [6, 6.07) is 7.29. The fourth-order valence-corrected chi connectivity index (χ4v) is 2.69. The molecule has 2 rings (SSSR count). The van der Waals surface area contributed by atoms with Crippen LogP contribution in [0.1, 0.15) is 19.8 Å². The standard InChI is InChI=1S/C17H25N3O3/c1-4-23-15-9-7-14(8-10-15)18-16(21)13-6-5-11-20(12-13)17(22)19(2)3/h7-10,13H,4-6,11-12H2,1-3H3,(H,18,21)/t13-/m0/s1. The number of nitrogens with zero attached hydrogens (tertiary/aromatic N) is 2. The van der Waals surface area contributed by atoms with E-state index in [2.05, 4.69) is 5.32 Å². The van der Waals surface area contributed by atoms with E-state index < -0.39 is 0 Å². The average Bonchev–Trinajstić information content (AvgIpc) is 2.56. The van der Waals surface area contributed by atoms with Crippen molar-refractivity contribution in [1.82, 2.24) is 9.80 Å². The highest BCUT2D eigenvalue weighted by Gasteiger charge is 2.29. The van der Waals surface area contributed by atoms with Gasteiger partial charge in [0.1, 0.15) is 5.75 Å². The Morgan fingerprint density at radius 1 is 1.30 bits per heavy atom. The number of benzene rings is 1. The van der Waals surface area contributed by atoms with E-state index in [9.17, 15) is 9.59 Å². The van der Waals surface area contributed by atoms with Crippen LogP contribution in [0.2, 0.25) is 0 Å². The minimum Gasteiger partial charge on any atom is -0.494 e. The molecule has 6 heteroatoms. The average molecular weight is 319 g/mol. The fraction of sp³-hybridized carbons (Fsp3) is 0.529. The number of hydrogen-bond acceptors (Lipinski definition) is 3. The van der Waals surface area contributed by atoms with Gasteiger partial charge < -0.3 is 19.9 Å². The van der Waals surface area contributed by atoms with Crippen LogP contribution in [-0.4, -0.2) is 55.5 Å². The largest absolute Gasteiger partial charge is 0.494 e. The van der Waals surface area contributed by atoms with Gasteiger partial charge in [-0.2, -0.15) is 0 Å². The lowest BCUT2D eigenvalue weighted by molar-refractivity contribution is -0.121. The number of carbonyl (C=O) groups is 2. The Labute approximate surface area is 137 Å². The number of piperidine rings is 1. The smallest absolute Gasteiger partial charge is 0.319 e. The highest BCUT2D eigenvalue weighted by Crippen LogP contribution is 2.21. The van der Waals surface area contributed by atoms with E-state index in [-0.39, 0.29) is 17.9 Å². The molecular formula is C17H25N3O3. The van der Waals surface area contributed by atoms with Crippen molar-refractivity contribution in [1.29, 1.82) is 0 Å². The zero-order valence-electron chi connectivity index (χ0n) is 14.0. The van der Waals surface area contributed by atoms with Crippen LogP contribution in [0.4, 0.5) is 10.5 Å². The molecule has 1 saturated heterocycles. The molecule has 126 valence electrons. The van der Waals surface area contributed by atoms with E-state index in [1.165, 1.54) is 0 Å². The molecule has 6 nitrogen and oxygen atoms in total. The maximum Gasteiger partial charge on any atom is 0.319 e. The Morgan fingerprint density at radius 2 is 2.00 bits per heavy atom. The van der Waals surface area contributed by atoms with E-state index in [0.29, 0.717) is 19.7 Å². The van der Waals surface area contributed by atoms with E-state index >= 15 is 0 Å². The summed E-state index contributed by atoms with van der Waals surface area (Å²) >= 11 is 0. The molecule has 0 aliphatic carbocycles. The molecule has 1 aromatic rings. The Bertz CT molecular complexity index is 543. The van der Waals surface area contributed by atoms with Crippen molar-refractivity contribution in [2.24, 2.45) is 5.92 Å². The van der Waals surface area contributed by atoms with Crippen molar-refractivity contribution in [3.05, 3.63) is 24.3 Å². The first-order chi connectivity index (χ1) is 11.0. The molecule has 1 aromatic carbocycles. The Kier molecular flexibility index (Phi) is 5.84. The monoisotopic (exact) mass is 319 g/mol. The molecule has 0 saturated carbocycles. The Morgan fingerprint density at radius 3 is 2.61 bits per heavy atom. The van der Waals surface area contributed by atoms with Crippen molar-refractivity contribution in [3.8, 4) is 5.75 Å². The number of ether oxygens (including phenoxy) is 1. The molecule has 1 atom stereocenters. The summed E-state index contributed by atoms with van der Waals surface area (Å²) in [4.78, 5) is 27.7. The maximum atomic E-state index is 12.4. The summed E-state index contributed by atoms with van der Waals surface area (Å²) in [5, 5.41) is 2.92. The van der Waals surface area contributed by atoms with Gasteiger partial charge in [-0.15, -0.1) is 0 Å². The molecule has 23 heavy (non-hydrogen) atoms. The second-order valence-electron chi connectivity index (χ2n) is 5.91. The molecule has 0 spiro atoms. The molecule has 0 aromatic heterocycles. The molecule has 1 N–H and O–H groups in total. The molecule has 1 aliphatic rings. The number of urea groups is 1. The molecule has 0 unspecified atom stereocenters. The lowest BCUT2D eigenvalue weighted by Crippen LogP contribution is -2.47. The van der Waals surface area contributed by atoms with Gasteiger partial charge in [0.15, 0.2) is 0 Å². The van der Waals surface area contributed by atoms with Gasteiger partial charge in [-0.3, -0.25) is 4.79 Å². The van der Waals surface area contributed by atoms with Gasteiger partial charge in [0.25, 0.3) is 0 Å². The normalized spacial score (nSPS) is 17.5. The fourth-order valence-electron chi connectivity index (χ4n) is 2.69. The number of likely N-dealkylation sites (tertiary alicyclic amines) is 1. The van der Waals surface area contributed by atoms with Gasteiger partial charge in [0.2, 0.25) is 5.91 Å². The SMILES string of the molecule is CCOc1ccc(NC(=O)[C@H]2CCCN(C(=O)N(C)C)C2)cc1. The van der Waals surface area contributed by atoms with E-state index in [1.54, 1.807) is 23.9 Å². The number of amides is 3. The molecule has 1 fully saturated rings. The van der Waals surface area contributed by atoms with Crippen LogP contribution in [0.3, 0.4) is 0 Å². The highest BCUT2D eigenvalue weighted by molar-refractivity contribution is 5.93. The summed E-state index contributed by atoms with van der Waals surface area (Å²) in [6.45, 7) is 3.73. The number of rotatable bonds is 4. The van der Waals surface area contributed by atoms with Crippen molar-refractivity contribution in [3.63, 3.8) is 0 Å². The Balaban J connectivity index is 1.93. The first-order valence-corrected chi connectivity index (χ1v) is 8.01.